The second-order valence-electron chi connectivity index (χ2n) is 6.96. The number of carbonyl (C=O) groups is 1. The summed E-state index contributed by atoms with van der Waals surface area (Å²) < 4.78 is 0. The SMILES string of the molecule is CC1=C(C(N)=O)SC(c2ccc(C)cc2)N1CCc1c[nH]c2ccccc12. The number of carbonyl (C=O) groups excluding carboxylic acids is 1. The van der Waals surface area contributed by atoms with Crippen molar-refractivity contribution in [2.24, 2.45) is 5.73 Å². The Balaban J connectivity index is 1.61. The highest BCUT2D eigenvalue weighted by Crippen LogP contribution is 2.47. The predicted molar refractivity (Wildman–Crippen MR) is 112 cm³/mol. The first-order valence-corrected chi connectivity index (χ1v) is 9.98. The third-order valence-electron chi connectivity index (χ3n) is 5.16. The van der Waals surface area contributed by atoms with Crippen molar-refractivity contribution in [3.8, 4) is 0 Å². The van der Waals surface area contributed by atoms with Crippen LogP contribution in [0.25, 0.3) is 10.9 Å². The quantitative estimate of drug-likeness (QED) is 0.689. The van der Waals surface area contributed by atoms with Crippen molar-refractivity contribution >= 4 is 28.6 Å². The summed E-state index contributed by atoms with van der Waals surface area (Å²) in [6, 6.07) is 16.9. The minimum atomic E-state index is -0.343. The van der Waals surface area contributed by atoms with E-state index in [1.165, 1.54) is 22.1 Å². The number of amides is 1. The molecular weight excluding hydrogens is 354 g/mol. The summed E-state index contributed by atoms with van der Waals surface area (Å²) in [6.07, 6.45) is 2.99. The normalized spacial score (nSPS) is 17.1. The van der Waals surface area contributed by atoms with Crippen molar-refractivity contribution in [1.29, 1.82) is 0 Å². The molecule has 0 spiro atoms. The lowest BCUT2D eigenvalue weighted by atomic mass is 10.1. The first-order chi connectivity index (χ1) is 13.0. The predicted octanol–water partition coefficient (Wildman–Crippen LogP) is 4.48. The lowest BCUT2D eigenvalue weighted by Gasteiger charge is -2.28. The molecule has 1 aromatic heterocycles. The van der Waals surface area contributed by atoms with E-state index in [9.17, 15) is 4.79 Å². The van der Waals surface area contributed by atoms with Gasteiger partial charge < -0.3 is 15.6 Å². The lowest BCUT2D eigenvalue weighted by Crippen LogP contribution is -2.24. The summed E-state index contributed by atoms with van der Waals surface area (Å²) in [5.74, 6) is -0.343. The number of para-hydroxylation sites is 1. The number of rotatable bonds is 5. The van der Waals surface area contributed by atoms with Gasteiger partial charge in [-0.05, 0) is 37.5 Å². The highest BCUT2D eigenvalue weighted by Gasteiger charge is 2.33. The molecule has 2 aromatic carbocycles. The number of aromatic nitrogens is 1. The van der Waals surface area contributed by atoms with Crippen molar-refractivity contribution in [3.63, 3.8) is 0 Å². The number of aromatic amines is 1. The van der Waals surface area contributed by atoms with E-state index in [-0.39, 0.29) is 11.3 Å². The molecule has 3 aromatic rings. The van der Waals surface area contributed by atoms with Gasteiger partial charge in [0.15, 0.2) is 0 Å². The van der Waals surface area contributed by atoms with Crippen molar-refractivity contribution in [2.75, 3.05) is 6.54 Å². The fourth-order valence-corrected chi connectivity index (χ4v) is 4.96. The Labute approximate surface area is 163 Å². The van der Waals surface area contributed by atoms with Crippen molar-refractivity contribution in [3.05, 3.63) is 82.0 Å². The van der Waals surface area contributed by atoms with Crippen molar-refractivity contribution in [2.45, 2.75) is 25.6 Å². The van der Waals surface area contributed by atoms with Crippen LogP contribution in [-0.4, -0.2) is 22.3 Å². The molecule has 1 aliphatic heterocycles. The smallest absolute Gasteiger partial charge is 0.256 e. The number of nitrogens with two attached hydrogens (primary N) is 1. The van der Waals surface area contributed by atoms with Crippen LogP contribution in [0.2, 0.25) is 0 Å². The first kappa shape index (κ1) is 17.7. The summed E-state index contributed by atoms with van der Waals surface area (Å²) >= 11 is 1.56. The fourth-order valence-electron chi connectivity index (χ4n) is 3.65. The minimum absolute atomic E-state index is 0.0818. The van der Waals surface area contributed by atoms with Gasteiger partial charge in [-0.15, -0.1) is 0 Å². The molecule has 5 heteroatoms. The van der Waals surface area contributed by atoms with Gasteiger partial charge in [-0.3, -0.25) is 4.79 Å². The number of allylic oxidation sites excluding steroid dienone is 1. The number of H-pyrrole nitrogens is 1. The molecule has 1 atom stereocenters. The number of aryl methyl sites for hydroxylation is 1. The zero-order chi connectivity index (χ0) is 19.0. The molecular formula is C22H23N3OS. The number of benzene rings is 2. The molecule has 0 saturated heterocycles. The van der Waals surface area contributed by atoms with E-state index in [0.29, 0.717) is 4.91 Å². The summed E-state index contributed by atoms with van der Waals surface area (Å²) in [4.78, 5) is 18.2. The van der Waals surface area contributed by atoms with Gasteiger partial charge in [-0.1, -0.05) is 59.8 Å². The van der Waals surface area contributed by atoms with Crippen LogP contribution in [0.15, 0.2) is 65.3 Å². The van der Waals surface area contributed by atoms with Gasteiger partial charge in [0.25, 0.3) is 5.91 Å². The van der Waals surface area contributed by atoms with Gasteiger partial charge in [0.1, 0.15) is 5.37 Å². The second-order valence-corrected chi connectivity index (χ2v) is 8.05. The molecule has 138 valence electrons. The maximum Gasteiger partial charge on any atom is 0.256 e. The molecule has 0 aliphatic carbocycles. The summed E-state index contributed by atoms with van der Waals surface area (Å²) in [6.45, 7) is 4.91. The average molecular weight is 378 g/mol. The second kappa shape index (κ2) is 7.16. The van der Waals surface area contributed by atoms with E-state index < -0.39 is 0 Å². The Hall–Kier alpha value is -2.66. The topological polar surface area (TPSA) is 62.1 Å². The van der Waals surface area contributed by atoms with Gasteiger partial charge in [-0.25, -0.2) is 0 Å². The average Bonchev–Trinajstić information content (AvgIpc) is 3.22. The van der Waals surface area contributed by atoms with Gasteiger partial charge in [-0.2, -0.15) is 0 Å². The zero-order valence-electron chi connectivity index (χ0n) is 15.5. The fraction of sp³-hybridized carbons (Fsp3) is 0.227. The number of primary amides is 1. The van der Waals surface area contributed by atoms with E-state index in [4.69, 9.17) is 5.73 Å². The van der Waals surface area contributed by atoms with E-state index in [1.54, 1.807) is 11.8 Å². The van der Waals surface area contributed by atoms with Crippen LogP contribution in [0.5, 0.6) is 0 Å². The van der Waals surface area contributed by atoms with Crippen LogP contribution in [0, 0.1) is 6.92 Å². The van der Waals surface area contributed by atoms with E-state index >= 15 is 0 Å². The third kappa shape index (κ3) is 3.35. The Morgan fingerprint density at radius 1 is 1.15 bits per heavy atom. The largest absolute Gasteiger partial charge is 0.365 e. The highest BCUT2D eigenvalue weighted by molar-refractivity contribution is 8.04. The lowest BCUT2D eigenvalue weighted by molar-refractivity contribution is -0.114. The van der Waals surface area contributed by atoms with Gasteiger partial charge >= 0.3 is 0 Å². The van der Waals surface area contributed by atoms with E-state index in [1.807, 2.05) is 13.0 Å². The summed E-state index contributed by atoms with van der Waals surface area (Å²) in [5.41, 5.74) is 11.5. The molecule has 1 aliphatic rings. The molecule has 0 saturated carbocycles. The maximum atomic E-state index is 11.9. The number of fused-ring (bicyclic) bond motifs is 1. The maximum absolute atomic E-state index is 11.9. The number of nitrogens with zero attached hydrogens (tertiary/aromatic N) is 1. The minimum Gasteiger partial charge on any atom is -0.365 e. The molecule has 0 radical (unpaired) electrons. The first-order valence-electron chi connectivity index (χ1n) is 9.10. The van der Waals surface area contributed by atoms with Crippen molar-refractivity contribution < 1.29 is 4.79 Å². The van der Waals surface area contributed by atoms with Crippen molar-refractivity contribution in [1.82, 2.24) is 9.88 Å². The molecule has 27 heavy (non-hydrogen) atoms. The Bertz CT molecular complexity index is 1020. The van der Waals surface area contributed by atoms with Crippen LogP contribution in [0.1, 0.15) is 29.0 Å². The van der Waals surface area contributed by atoms with Crippen LogP contribution in [0.3, 0.4) is 0 Å². The van der Waals surface area contributed by atoms with Gasteiger partial charge in [0.2, 0.25) is 0 Å². The zero-order valence-corrected chi connectivity index (χ0v) is 16.3. The molecule has 0 bridgehead atoms. The van der Waals surface area contributed by atoms with E-state index in [2.05, 4.69) is 65.5 Å². The summed E-state index contributed by atoms with van der Waals surface area (Å²) in [7, 11) is 0. The number of hydrogen-bond donors (Lipinski definition) is 2. The van der Waals surface area contributed by atoms with Crippen LogP contribution in [0.4, 0.5) is 0 Å². The summed E-state index contributed by atoms with van der Waals surface area (Å²) in [5, 5.41) is 1.34. The van der Waals surface area contributed by atoms with E-state index in [0.717, 1.165) is 24.2 Å². The van der Waals surface area contributed by atoms with Gasteiger partial charge in [0.05, 0.1) is 4.91 Å². The van der Waals surface area contributed by atoms with Crippen LogP contribution < -0.4 is 5.73 Å². The Kier molecular flexibility index (Phi) is 4.70. The Morgan fingerprint density at radius 3 is 2.63 bits per heavy atom. The molecule has 3 N–H and O–H groups in total. The number of hydrogen-bond acceptors (Lipinski definition) is 3. The molecule has 0 fully saturated rings. The number of thioether (sulfide) groups is 1. The monoisotopic (exact) mass is 377 g/mol. The third-order valence-corrected chi connectivity index (χ3v) is 6.64. The molecule has 4 rings (SSSR count). The molecule has 2 heterocycles. The van der Waals surface area contributed by atoms with Crippen LogP contribution in [-0.2, 0) is 11.2 Å². The Morgan fingerprint density at radius 2 is 1.89 bits per heavy atom. The molecule has 4 nitrogen and oxygen atoms in total. The van der Waals surface area contributed by atoms with Gasteiger partial charge in [0, 0.05) is 29.3 Å². The molecule has 1 amide bonds. The molecule has 1 unspecified atom stereocenters. The number of nitrogens with one attached hydrogen (secondary N) is 1. The standard InChI is InChI=1S/C22H23N3OS/c1-14-7-9-16(10-8-14)22-25(15(2)20(27-22)21(23)26)12-11-17-13-24-19-6-4-3-5-18(17)19/h3-10,13,22,24H,11-12H2,1-2H3,(H2,23,26). The highest BCUT2D eigenvalue weighted by atomic mass is 32.2. The van der Waals surface area contributed by atoms with Crippen LogP contribution >= 0.6 is 11.8 Å².